The fourth-order valence-electron chi connectivity index (χ4n) is 3.03. The highest BCUT2D eigenvalue weighted by Gasteiger charge is 2.31. The molecule has 2 rings (SSSR count). The number of hydrogen-bond donors (Lipinski definition) is 1. The Balaban J connectivity index is 1.79. The van der Waals surface area contributed by atoms with Crippen molar-refractivity contribution >= 4 is 0 Å². The average Bonchev–Trinajstić information content (AvgIpc) is 2.43. The summed E-state index contributed by atoms with van der Waals surface area (Å²) in [5.41, 5.74) is 1.38. The molecule has 1 atom stereocenters. The Bertz CT molecular complexity index is 363. The standard InChI is InChI=1S/C17H28N2O/c1-3-7-19-16(10-14-5-8-18-9-6-14)11-15-12-17(13-15)20-4-2/h5-6,8-9,15-17,19H,3-4,7,10-13H2,1-2H3. The SMILES string of the molecule is CCCNC(Cc1ccncc1)CC1CC(OCC)C1. The molecule has 0 aromatic carbocycles. The molecule has 0 radical (unpaired) electrons. The second-order valence-electron chi connectivity index (χ2n) is 5.86. The minimum atomic E-state index is 0.526. The van der Waals surface area contributed by atoms with Gasteiger partial charge >= 0.3 is 0 Å². The van der Waals surface area contributed by atoms with Crippen LogP contribution in [0.3, 0.4) is 0 Å². The Morgan fingerprint density at radius 2 is 2.05 bits per heavy atom. The van der Waals surface area contributed by atoms with Crippen LogP contribution in [-0.2, 0) is 11.2 Å². The third-order valence-corrected chi connectivity index (χ3v) is 4.13. The molecule has 1 N–H and O–H groups in total. The van der Waals surface area contributed by atoms with E-state index in [1.54, 1.807) is 0 Å². The molecule has 1 aromatic heterocycles. The molecule has 1 heterocycles. The highest BCUT2D eigenvalue weighted by atomic mass is 16.5. The van der Waals surface area contributed by atoms with Crippen molar-refractivity contribution in [1.29, 1.82) is 0 Å². The normalized spacial score (nSPS) is 23.3. The fourth-order valence-corrected chi connectivity index (χ4v) is 3.03. The van der Waals surface area contributed by atoms with E-state index in [0.29, 0.717) is 12.1 Å². The van der Waals surface area contributed by atoms with Crippen molar-refractivity contribution in [3.05, 3.63) is 30.1 Å². The number of rotatable bonds is 9. The molecule has 1 aliphatic rings. The second-order valence-corrected chi connectivity index (χ2v) is 5.86. The lowest BCUT2D eigenvalue weighted by atomic mass is 9.77. The van der Waals surface area contributed by atoms with Gasteiger partial charge in [0.05, 0.1) is 6.10 Å². The predicted molar refractivity (Wildman–Crippen MR) is 82.8 cm³/mol. The zero-order chi connectivity index (χ0) is 14.2. The fraction of sp³-hybridized carbons (Fsp3) is 0.706. The quantitative estimate of drug-likeness (QED) is 0.752. The van der Waals surface area contributed by atoms with Crippen LogP contribution in [0.15, 0.2) is 24.5 Å². The van der Waals surface area contributed by atoms with E-state index in [1.165, 1.54) is 31.2 Å². The van der Waals surface area contributed by atoms with E-state index in [4.69, 9.17) is 4.74 Å². The predicted octanol–water partition coefficient (Wildman–Crippen LogP) is 3.20. The summed E-state index contributed by atoms with van der Waals surface area (Å²) < 4.78 is 5.66. The van der Waals surface area contributed by atoms with Gasteiger partial charge in [-0.3, -0.25) is 4.98 Å². The van der Waals surface area contributed by atoms with E-state index in [2.05, 4.69) is 36.3 Å². The van der Waals surface area contributed by atoms with Crippen molar-refractivity contribution in [3.63, 3.8) is 0 Å². The number of ether oxygens (including phenoxy) is 1. The Kier molecular flexibility index (Phi) is 6.48. The van der Waals surface area contributed by atoms with Gasteiger partial charge in [0.2, 0.25) is 0 Å². The Hall–Kier alpha value is -0.930. The van der Waals surface area contributed by atoms with Gasteiger partial charge in [-0.1, -0.05) is 6.92 Å². The van der Waals surface area contributed by atoms with Crippen LogP contribution in [0.25, 0.3) is 0 Å². The maximum atomic E-state index is 5.66. The molecule has 0 amide bonds. The van der Waals surface area contributed by atoms with Crippen molar-refractivity contribution in [1.82, 2.24) is 10.3 Å². The summed E-state index contributed by atoms with van der Waals surface area (Å²) in [4.78, 5) is 4.10. The first kappa shape index (κ1) is 15.5. The summed E-state index contributed by atoms with van der Waals surface area (Å²) in [5.74, 6) is 0.836. The number of aromatic nitrogens is 1. The third-order valence-electron chi connectivity index (χ3n) is 4.13. The summed E-state index contributed by atoms with van der Waals surface area (Å²) in [6, 6.07) is 4.85. The molecule has 1 fully saturated rings. The van der Waals surface area contributed by atoms with E-state index in [-0.39, 0.29) is 0 Å². The van der Waals surface area contributed by atoms with E-state index in [1.807, 2.05) is 12.4 Å². The van der Waals surface area contributed by atoms with Gasteiger partial charge in [0, 0.05) is 25.0 Å². The molecule has 0 saturated heterocycles. The topological polar surface area (TPSA) is 34.2 Å². The first-order valence-electron chi connectivity index (χ1n) is 8.05. The molecular formula is C17H28N2O. The molecule has 0 bridgehead atoms. The van der Waals surface area contributed by atoms with Crippen LogP contribution in [0.5, 0.6) is 0 Å². The minimum Gasteiger partial charge on any atom is -0.378 e. The van der Waals surface area contributed by atoms with Crippen LogP contribution in [0.1, 0.15) is 45.1 Å². The van der Waals surface area contributed by atoms with Gasteiger partial charge < -0.3 is 10.1 Å². The largest absolute Gasteiger partial charge is 0.378 e. The molecule has 112 valence electrons. The number of nitrogens with zero attached hydrogens (tertiary/aromatic N) is 1. The molecule has 20 heavy (non-hydrogen) atoms. The highest BCUT2D eigenvalue weighted by Crippen LogP contribution is 2.34. The van der Waals surface area contributed by atoms with E-state index in [9.17, 15) is 0 Å². The van der Waals surface area contributed by atoms with Crippen molar-refractivity contribution in [2.45, 2.75) is 58.1 Å². The smallest absolute Gasteiger partial charge is 0.0580 e. The zero-order valence-electron chi connectivity index (χ0n) is 12.8. The molecular weight excluding hydrogens is 248 g/mol. The molecule has 1 saturated carbocycles. The van der Waals surface area contributed by atoms with Crippen LogP contribution in [-0.4, -0.2) is 30.3 Å². The molecule has 3 heteroatoms. The Morgan fingerprint density at radius 1 is 1.30 bits per heavy atom. The van der Waals surface area contributed by atoms with Crippen LogP contribution in [0.2, 0.25) is 0 Å². The van der Waals surface area contributed by atoms with Crippen molar-refractivity contribution in [2.24, 2.45) is 5.92 Å². The van der Waals surface area contributed by atoms with Crippen molar-refractivity contribution in [2.75, 3.05) is 13.2 Å². The Morgan fingerprint density at radius 3 is 2.70 bits per heavy atom. The summed E-state index contributed by atoms with van der Waals surface area (Å²) in [5, 5.41) is 3.70. The van der Waals surface area contributed by atoms with Crippen LogP contribution in [0.4, 0.5) is 0 Å². The lowest BCUT2D eigenvalue weighted by Crippen LogP contribution is -2.39. The van der Waals surface area contributed by atoms with Gasteiger partial charge in [0.25, 0.3) is 0 Å². The number of nitrogens with one attached hydrogen (secondary N) is 1. The third kappa shape index (κ3) is 4.88. The van der Waals surface area contributed by atoms with Gasteiger partial charge in [0.15, 0.2) is 0 Å². The summed E-state index contributed by atoms with van der Waals surface area (Å²) in [6.45, 7) is 6.27. The molecule has 0 spiro atoms. The maximum Gasteiger partial charge on any atom is 0.0580 e. The summed E-state index contributed by atoms with van der Waals surface area (Å²) in [6.07, 6.45) is 10.4. The summed E-state index contributed by atoms with van der Waals surface area (Å²) in [7, 11) is 0. The van der Waals surface area contributed by atoms with E-state index < -0.39 is 0 Å². The van der Waals surface area contributed by atoms with E-state index >= 15 is 0 Å². The van der Waals surface area contributed by atoms with E-state index in [0.717, 1.165) is 25.5 Å². The zero-order valence-corrected chi connectivity index (χ0v) is 12.8. The molecule has 0 aliphatic heterocycles. The number of pyridine rings is 1. The first-order chi connectivity index (χ1) is 9.81. The van der Waals surface area contributed by atoms with Gasteiger partial charge in [-0.15, -0.1) is 0 Å². The lowest BCUT2D eigenvalue weighted by Gasteiger charge is -2.37. The van der Waals surface area contributed by atoms with Crippen LogP contribution >= 0.6 is 0 Å². The molecule has 1 aromatic rings. The monoisotopic (exact) mass is 276 g/mol. The first-order valence-corrected chi connectivity index (χ1v) is 8.05. The van der Waals surface area contributed by atoms with Crippen molar-refractivity contribution < 1.29 is 4.74 Å². The lowest BCUT2D eigenvalue weighted by molar-refractivity contribution is -0.0290. The van der Waals surface area contributed by atoms with Crippen LogP contribution in [0, 0.1) is 5.92 Å². The average molecular weight is 276 g/mol. The van der Waals surface area contributed by atoms with Gasteiger partial charge in [-0.05, 0) is 69.2 Å². The van der Waals surface area contributed by atoms with Gasteiger partial charge in [-0.2, -0.15) is 0 Å². The molecule has 1 aliphatic carbocycles. The minimum absolute atomic E-state index is 0.526. The highest BCUT2D eigenvalue weighted by molar-refractivity contribution is 5.11. The van der Waals surface area contributed by atoms with Gasteiger partial charge in [0.1, 0.15) is 0 Å². The molecule has 3 nitrogen and oxygen atoms in total. The number of hydrogen-bond acceptors (Lipinski definition) is 3. The van der Waals surface area contributed by atoms with Gasteiger partial charge in [-0.25, -0.2) is 0 Å². The second kappa shape index (κ2) is 8.38. The molecule has 1 unspecified atom stereocenters. The van der Waals surface area contributed by atoms with Crippen molar-refractivity contribution in [3.8, 4) is 0 Å². The Labute approximate surface area is 123 Å². The maximum absolute atomic E-state index is 5.66. The van der Waals surface area contributed by atoms with Crippen LogP contribution < -0.4 is 5.32 Å². The summed E-state index contributed by atoms with van der Waals surface area (Å²) >= 11 is 0.